The first-order valence-corrected chi connectivity index (χ1v) is 18.8. The van der Waals surface area contributed by atoms with Gasteiger partial charge < -0.3 is 47.8 Å². The molecular formula is C39H67N3O12. The van der Waals surface area contributed by atoms with Gasteiger partial charge in [0.25, 0.3) is 0 Å². The summed E-state index contributed by atoms with van der Waals surface area (Å²) in [5.74, 6) is -5.51. The predicted octanol–water partition coefficient (Wildman–Crippen LogP) is 6.45. The highest BCUT2D eigenvalue weighted by atomic mass is 16.4. The molecule has 0 aliphatic heterocycles. The van der Waals surface area contributed by atoms with Crippen LogP contribution in [0.25, 0.3) is 0 Å². The third kappa shape index (κ3) is 31.4. The molecule has 0 heterocycles. The van der Waals surface area contributed by atoms with Gasteiger partial charge >= 0.3 is 35.8 Å². The van der Waals surface area contributed by atoms with E-state index < -0.39 is 35.8 Å². The molecule has 3 rings (SSSR count). The van der Waals surface area contributed by atoms with Gasteiger partial charge in [0.2, 0.25) is 0 Å². The van der Waals surface area contributed by atoms with Crippen LogP contribution in [-0.4, -0.2) is 85.1 Å². The fourth-order valence-corrected chi connectivity index (χ4v) is 6.42. The summed E-state index contributed by atoms with van der Waals surface area (Å²) in [7, 11) is 0. The van der Waals surface area contributed by atoms with Crippen LogP contribution in [0.3, 0.4) is 0 Å². The molecule has 0 amide bonds. The number of nitrogens with two attached hydrogens (primary N) is 3. The fraction of sp³-hybridized carbons (Fsp3) is 0.692. The Hall–Kier alpha value is -4.08. The SMILES string of the molecule is CC1(C)CC(N)CC(C)(CN)C1.NC1CCCCC1.O=C(O)CCCCC(=O)O.O=C(O)CCCCCCCC(=O)O.O=C(O)c1cccc(C(=O)O)c1. The van der Waals surface area contributed by atoms with Crippen LogP contribution < -0.4 is 17.2 Å². The first kappa shape index (κ1) is 52.0. The van der Waals surface area contributed by atoms with E-state index in [1.165, 1.54) is 56.7 Å². The third-order valence-electron chi connectivity index (χ3n) is 8.79. The molecule has 2 fully saturated rings. The van der Waals surface area contributed by atoms with E-state index in [1.54, 1.807) is 0 Å². The maximum Gasteiger partial charge on any atom is 0.335 e. The van der Waals surface area contributed by atoms with Crippen LogP contribution in [0.2, 0.25) is 0 Å². The molecule has 1 aromatic carbocycles. The summed E-state index contributed by atoms with van der Waals surface area (Å²) >= 11 is 0. The number of aliphatic carboxylic acids is 4. The van der Waals surface area contributed by atoms with E-state index in [4.69, 9.17) is 47.8 Å². The summed E-state index contributed by atoms with van der Waals surface area (Å²) in [5, 5.41) is 49.9. The lowest BCUT2D eigenvalue weighted by Crippen LogP contribution is -2.45. The average Bonchev–Trinajstić information content (AvgIpc) is 3.06. The highest BCUT2D eigenvalue weighted by molar-refractivity contribution is 5.93. The van der Waals surface area contributed by atoms with Crippen molar-refractivity contribution in [2.75, 3.05) is 6.54 Å². The molecule has 15 heteroatoms. The Kier molecular flexibility index (Phi) is 28.2. The highest BCUT2D eigenvalue weighted by Crippen LogP contribution is 2.44. The number of carboxylic acid groups (broad SMARTS) is 6. The Morgan fingerprint density at radius 2 is 0.963 bits per heavy atom. The van der Waals surface area contributed by atoms with Crippen molar-refractivity contribution in [3.05, 3.63) is 35.4 Å². The highest BCUT2D eigenvalue weighted by Gasteiger charge is 2.38. The van der Waals surface area contributed by atoms with Crippen LogP contribution in [0.1, 0.15) is 163 Å². The molecule has 2 aliphatic carbocycles. The van der Waals surface area contributed by atoms with Crippen molar-refractivity contribution in [2.24, 2.45) is 28.0 Å². The molecule has 310 valence electrons. The molecule has 54 heavy (non-hydrogen) atoms. The second-order valence-electron chi connectivity index (χ2n) is 15.2. The zero-order valence-electron chi connectivity index (χ0n) is 32.5. The van der Waals surface area contributed by atoms with Crippen LogP contribution in [0.4, 0.5) is 0 Å². The Bertz CT molecular complexity index is 1200. The van der Waals surface area contributed by atoms with E-state index in [1.807, 2.05) is 0 Å². The van der Waals surface area contributed by atoms with Crippen LogP contribution >= 0.6 is 0 Å². The molecule has 1 aromatic rings. The second-order valence-corrected chi connectivity index (χ2v) is 15.2. The topological polar surface area (TPSA) is 302 Å². The van der Waals surface area contributed by atoms with Crippen molar-refractivity contribution in [1.29, 1.82) is 0 Å². The van der Waals surface area contributed by atoms with Gasteiger partial charge in [-0.05, 0) is 93.4 Å². The predicted molar refractivity (Wildman–Crippen MR) is 206 cm³/mol. The van der Waals surface area contributed by atoms with Crippen molar-refractivity contribution in [1.82, 2.24) is 0 Å². The standard InChI is InChI=1S/C10H22N2.C9H16O4.C8H6O4.C6H13N.C6H10O4/c1-9(2)4-8(12)5-10(3,6-9)7-11;10-8(11)6-4-2-1-3-5-7-9(12)13;9-7(10)5-2-1-3-6(4-5)8(11)12;7-6-4-2-1-3-5-6;7-5(8)3-1-2-4-6(9)10/h8H,4-7,11-12H2,1-3H3;1-7H2,(H,10,11)(H,12,13);1-4H,(H,9,10)(H,11,12);6H,1-5,7H2;1-4H2,(H,7,8)(H,9,10). The summed E-state index contributed by atoms with van der Waals surface area (Å²) in [4.78, 5) is 60.8. The largest absolute Gasteiger partial charge is 0.481 e. The first-order chi connectivity index (χ1) is 25.1. The molecular weight excluding hydrogens is 702 g/mol. The molecule has 0 aromatic heterocycles. The van der Waals surface area contributed by atoms with Crippen LogP contribution in [0.5, 0.6) is 0 Å². The zero-order valence-corrected chi connectivity index (χ0v) is 32.5. The number of rotatable bonds is 16. The lowest BCUT2D eigenvalue weighted by molar-refractivity contribution is -0.139. The average molecular weight is 770 g/mol. The maximum absolute atomic E-state index is 10.4. The van der Waals surface area contributed by atoms with Gasteiger partial charge in [-0.15, -0.1) is 0 Å². The van der Waals surface area contributed by atoms with E-state index in [-0.39, 0.29) is 42.2 Å². The molecule has 0 spiro atoms. The summed E-state index contributed by atoms with van der Waals surface area (Å²) in [5.41, 5.74) is 18.0. The number of carbonyl (C=O) groups is 6. The molecule has 0 saturated heterocycles. The van der Waals surface area contributed by atoms with Gasteiger partial charge in [-0.2, -0.15) is 0 Å². The van der Waals surface area contributed by atoms with Gasteiger partial charge in [-0.3, -0.25) is 19.2 Å². The van der Waals surface area contributed by atoms with Gasteiger partial charge in [-0.25, -0.2) is 9.59 Å². The second kappa shape index (κ2) is 29.3. The Balaban J connectivity index is 0. The molecule has 2 aliphatic rings. The summed E-state index contributed by atoms with van der Waals surface area (Å²) in [6.45, 7) is 7.61. The van der Waals surface area contributed by atoms with E-state index in [0.29, 0.717) is 43.2 Å². The molecule has 2 saturated carbocycles. The van der Waals surface area contributed by atoms with E-state index >= 15 is 0 Å². The Labute approximate surface area is 319 Å². The van der Waals surface area contributed by atoms with Crippen molar-refractivity contribution < 1.29 is 59.4 Å². The molecule has 2 unspecified atom stereocenters. The number of unbranched alkanes of at least 4 members (excludes halogenated alkanes) is 5. The summed E-state index contributed by atoms with van der Waals surface area (Å²) in [6, 6.07) is 6.08. The minimum absolute atomic E-state index is 0.0186. The van der Waals surface area contributed by atoms with Crippen LogP contribution in [0.15, 0.2) is 24.3 Å². The minimum Gasteiger partial charge on any atom is -0.481 e. The Morgan fingerprint density at radius 3 is 1.26 bits per heavy atom. The van der Waals surface area contributed by atoms with Crippen LogP contribution in [0, 0.1) is 10.8 Å². The van der Waals surface area contributed by atoms with Crippen molar-refractivity contribution in [3.63, 3.8) is 0 Å². The van der Waals surface area contributed by atoms with Gasteiger partial charge in [0.1, 0.15) is 0 Å². The summed E-state index contributed by atoms with van der Waals surface area (Å²) in [6.07, 6.45) is 15.7. The van der Waals surface area contributed by atoms with Crippen molar-refractivity contribution in [2.45, 2.75) is 155 Å². The normalized spacial score (nSPS) is 18.6. The molecule has 0 bridgehead atoms. The number of hydrogen-bond donors (Lipinski definition) is 9. The van der Waals surface area contributed by atoms with E-state index in [0.717, 1.165) is 44.7 Å². The Morgan fingerprint density at radius 1 is 0.593 bits per heavy atom. The minimum atomic E-state index is -1.13. The lowest BCUT2D eigenvalue weighted by atomic mass is 9.63. The number of hydrogen-bond acceptors (Lipinski definition) is 9. The van der Waals surface area contributed by atoms with Gasteiger partial charge in [0.05, 0.1) is 11.1 Å². The smallest absolute Gasteiger partial charge is 0.335 e. The van der Waals surface area contributed by atoms with Gasteiger partial charge in [0.15, 0.2) is 0 Å². The molecule has 0 radical (unpaired) electrons. The van der Waals surface area contributed by atoms with Crippen LogP contribution in [-0.2, 0) is 19.2 Å². The molecule has 2 atom stereocenters. The van der Waals surface area contributed by atoms with E-state index in [9.17, 15) is 28.8 Å². The molecule has 15 nitrogen and oxygen atoms in total. The number of carboxylic acids is 6. The van der Waals surface area contributed by atoms with Gasteiger partial charge in [-0.1, -0.05) is 65.4 Å². The lowest BCUT2D eigenvalue weighted by Gasteiger charge is -2.45. The zero-order chi connectivity index (χ0) is 41.7. The summed E-state index contributed by atoms with van der Waals surface area (Å²) < 4.78 is 0. The third-order valence-corrected chi connectivity index (χ3v) is 8.79. The van der Waals surface area contributed by atoms with Gasteiger partial charge in [0, 0.05) is 37.8 Å². The quantitative estimate of drug-likeness (QED) is 0.0816. The van der Waals surface area contributed by atoms with Crippen molar-refractivity contribution in [3.8, 4) is 0 Å². The first-order valence-electron chi connectivity index (χ1n) is 18.8. The molecule has 12 N–H and O–H groups in total. The van der Waals surface area contributed by atoms with E-state index in [2.05, 4.69) is 20.8 Å². The number of benzene rings is 1. The van der Waals surface area contributed by atoms with Crippen molar-refractivity contribution >= 4 is 35.8 Å². The monoisotopic (exact) mass is 769 g/mol. The maximum atomic E-state index is 10.4. The number of aromatic carboxylic acids is 2. The fourth-order valence-electron chi connectivity index (χ4n) is 6.42.